The first-order chi connectivity index (χ1) is 11.4. The summed E-state index contributed by atoms with van der Waals surface area (Å²) in [5, 5.41) is 11.9. The van der Waals surface area contributed by atoms with Gasteiger partial charge < -0.3 is 9.84 Å². The number of fused-ring (bicyclic) bond motifs is 3. The number of aromatic nitrogens is 2. The van der Waals surface area contributed by atoms with E-state index >= 15 is 0 Å². The van der Waals surface area contributed by atoms with E-state index in [2.05, 4.69) is 4.98 Å². The van der Waals surface area contributed by atoms with Gasteiger partial charge in [0.2, 0.25) is 5.88 Å². The zero-order chi connectivity index (χ0) is 15.6. The van der Waals surface area contributed by atoms with Gasteiger partial charge >= 0.3 is 0 Å². The number of aliphatic hydroxyl groups is 1. The molecule has 4 aromatic rings. The van der Waals surface area contributed by atoms with Crippen LogP contribution in [0.1, 0.15) is 0 Å². The lowest BCUT2D eigenvalue weighted by Crippen LogP contribution is -2.03. The Kier molecular flexibility index (Phi) is 3.65. The summed E-state index contributed by atoms with van der Waals surface area (Å²) in [6.07, 6.45) is 0. The molecule has 23 heavy (non-hydrogen) atoms. The molecule has 0 bridgehead atoms. The Morgan fingerprint density at radius 1 is 0.913 bits per heavy atom. The Hall–Kier alpha value is -2.50. The molecule has 0 aliphatic carbocycles. The fourth-order valence-electron chi connectivity index (χ4n) is 2.55. The maximum absolute atomic E-state index is 9.00. The summed E-state index contributed by atoms with van der Waals surface area (Å²) >= 11 is 1.55. The van der Waals surface area contributed by atoms with Crippen LogP contribution in [0.15, 0.2) is 54.6 Å². The molecule has 2 heterocycles. The lowest BCUT2D eigenvalue weighted by atomic mass is 10.1. The van der Waals surface area contributed by atoms with Crippen molar-refractivity contribution in [1.82, 2.24) is 9.97 Å². The van der Waals surface area contributed by atoms with Gasteiger partial charge in [-0.05, 0) is 6.07 Å². The smallest absolute Gasteiger partial charge is 0.222 e. The topological polar surface area (TPSA) is 55.2 Å². The van der Waals surface area contributed by atoms with Crippen LogP contribution in [0.4, 0.5) is 0 Å². The molecule has 0 atom stereocenters. The van der Waals surface area contributed by atoms with Crippen LogP contribution >= 0.6 is 11.3 Å². The lowest BCUT2D eigenvalue weighted by Gasteiger charge is -2.07. The Morgan fingerprint density at radius 2 is 1.65 bits per heavy atom. The first-order valence-electron chi connectivity index (χ1n) is 7.35. The van der Waals surface area contributed by atoms with Crippen molar-refractivity contribution in [2.75, 3.05) is 13.2 Å². The van der Waals surface area contributed by atoms with Gasteiger partial charge in [0.15, 0.2) is 0 Å². The summed E-state index contributed by atoms with van der Waals surface area (Å²) in [5.74, 6) is 0.547. The van der Waals surface area contributed by atoms with Crippen molar-refractivity contribution in [1.29, 1.82) is 0 Å². The predicted octanol–water partition coefficient (Wildman–Crippen LogP) is 3.88. The maximum Gasteiger partial charge on any atom is 0.222 e. The summed E-state index contributed by atoms with van der Waals surface area (Å²) < 4.78 is 5.61. The van der Waals surface area contributed by atoms with Crippen LogP contribution in [0, 0.1) is 0 Å². The number of pyridine rings is 1. The van der Waals surface area contributed by atoms with Gasteiger partial charge in [0.25, 0.3) is 0 Å². The van der Waals surface area contributed by atoms with Crippen molar-refractivity contribution < 1.29 is 9.84 Å². The van der Waals surface area contributed by atoms with Crippen LogP contribution in [0.2, 0.25) is 0 Å². The van der Waals surface area contributed by atoms with Crippen molar-refractivity contribution in [2.45, 2.75) is 0 Å². The molecule has 0 saturated carbocycles. The molecule has 1 N–H and O–H groups in total. The van der Waals surface area contributed by atoms with Crippen LogP contribution < -0.4 is 4.74 Å². The molecule has 0 fully saturated rings. The van der Waals surface area contributed by atoms with E-state index in [-0.39, 0.29) is 13.2 Å². The molecule has 4 rings (SSSR count). The molecule has 0 saturated heterocycles. The minimum atomic E-state index is -0.0357. The van der Waals surface area contributed by atoms with E-state index in [1.807, 2.05) is 54.6 Å². The number of hydrogen-bond acceptors (Lipinski definition) is 5. The third kappa shape index (κ3) is 2.54. The zero-order valence-corrected chi connectivity index (χ0v) is 13.1. The van der Waals surface area contributed by atoms with E-state index in [1.165, 1.54) is 0 Å². The third-order valence-corrected chi connectivity index (χ3v) is 4.57. The van der Waals surface area contributed by atoms with E-state index in [1.54, 1.807) is 11.3 Å². The van der Waals surface area contributed by atoms with Crippen LogP contribution in [-0.2, 0) is 0 Å². The zero-order valence-electron chi connectivity index (χ0n) is 12.3. The average molecular weight is 322 g/mol. The monoisotopic (exact) mass is 322 g/mol. The van der Waals surface area contributed by atoms with E-state index in [9.17, 15) is 0 Å². The Morgan fingerprint density at radius 3 is 2.43 bits per heavy atom. The fourth-order valence-corrected chi connectivity index (χ4v) is 3.50. The van der Waals surface area contributed by atoms with Gasteiger partial charge in [-0.25, -0.2) is 9.97 Å². The molecule has 0 radical (unpaired) electrons. The van der Waals surface area contributed by atoms with Gasteiger partial charge in [-0.3, -0.25) is 0 Å². The molecule has 5 heteroatoms. The summed E-state index contributed by atoms with van der Waals surface area (Å²) in [4.78, 5) is 10.2. The second kappa shape index (κ2) is 5.95. The average Bonchev–Trinajstić information content (AvgIpc) is 3.05. The summed E-state index contributed by atoms with van der Waals surface area (Å²) in [7, 11) is 0. The maximum atomic E-state index is 9.00. The van der Waals surface area contributed by atoms with Crippen molar-refractivity contribution in [3.8, 4) is 16.5 Å². The molecule has 0 aliphatic heterocycles. The number of thiazole rings is 1. The highest BCUT2D eigenvalue weighted by atomic mass is 32.1. The number of hydrogen-bond donors (Lipinski definition) is 1. The fraction of sp³-hybridized carbons (Fsp3) is 0.111. The van der Waals surface area contributed by atoms with Crippen LogP contribution in [0.3, 0.4) is 0 Å². The van der Waals surface area contributed by atoms with Crippen LogP contribution in [-0.4, -0.2) is 28.3 Å². The number of nitrogens with zero attached hydrogens (tertiary/aromatic N) is 2. The van der Waals surface area contributed by atoms with Gasteiger partial charge in [-0.15, -0.1) is 0 Å². The van der Waals surface area contributed by atoms with Crippen molar-refractivity contribution in [3.63, 3.8) is 0 Å². The SMILES string of the molecule is OCCOc1nc2sc(-c3ccccc3)nc2c2ccccc12. The number of ether oxygens (including phenoxy) is 1. The second-order valence-corrected chi connectivity index (χ2v) is 6.05. The highest BCUT2D eigenvalue weighted by molar-refractivity contribution is 7.21. The first kappa shape index (κ1) is 14.1. The van der Waals surface area contributed by atoms with Crippen molar-refractivity contribution in [3.05, 3.63) is 54.6 Å². The minimum absolute atomic E-state index is 0.0357. The van der Waals surface area contributed by atoms with Gasteiger partial charge in [0, 0.05) is 16.3 Å². The molecule has 0 unspecified atom stereocenters. The third-order valence-electron chi connectivity index (χ3n) is 3.58. The van der Waals surface area contributed by atoms with Crippen LogP contribution in [0.5, 0.6) is 5.88 Å². The normalized spacial score (nSPS) is 11.2. The Bertz CT molecular complexity index is 967. The highest BCUT2D eigenvalue weighted by Gasteiger charge is 2.14. The first-order valence-corrected chi connectivity index (χ1v) is 8.17. The summed E-state index contributed by atoms with van der Waals surface area (Å²) in [6.45, 7) is 0.193. The quantitative estimate of drug-likeness (QED) is 0.619. The number of aliphatic hydroxyl groups excluding tert-OH is 1. The van der Waals surface area contributed by atoms with E-state index in [0.717, 1.165) is 31.7 Å². The number of rotatable bonds is 4. The molecule has 0 aliphatic rings. The minimum Gasteiger partial charge on any atom is -0.475 e. The molecular formula is C18H14N2O2S. The molecule has 2 aromatic heterocycles. The Labute approximate surface area is 137 Å². The van der Waals surface area contributed by atoms with Crippen molar-refractivity contribution >= 4 is 32.5 Å². The number of benzene rings is 2. The molecule has 4 nitrogen and oxygen atoms in total. The van der Waals surface area contributed by atoms with E-state index in [0.29, 0.717) is 5.88 Å². The molecular weight excluding hydrogens is 308 g/mol. The van der Waals surface area contributed by atoms with Gasteiger partial charge in [-0.1, -0.05) is 59.9 Å². The van der Waals surface area contributed by atoms with Gasteiger partial charge in [-0.2, -0.15) is 0 Å². The standard InChI is InChI=1S/C18H14N2O2S/c21-10-11-22-16-14-9-5-4-8-13(14)15-18(20-16)23-17(19-15)12-6-2-1-3-7-12/h1-9,21H,10-11H2. The van der Waals surface area contributed by atoms with E-state index < -0.39 is 0 Å². The van der Waals surface area contributed by atoms with E-state index in [4.69, 9.17) is 14.8 Å². The second-order valence-electron chi connectivity index (χ2n) is 5.07. The lowest BCUT2D eigenvalue weighted by molar-refractivity contribution is 0.199. The predicted molar refractivity (Wildman–Crippen MR) is 92.9 cm³/mol. The molecule has 0 spiro atoms. The molecule has 0 amide bonds. The molecule has 2 aromatic carbocycles. The molecule has 114 valence electrons. The Balaban J connectivity index is 1.95. The van der Waals surface area contributed by atoms with Crippen LogP contribution in [0.25, 0.3) is 31.7 Å². The summed E-state index contributed by atoms with van der Waals surface area (Å²) in [5.41, 5.74) is 1.97. The van der Waals surface area contributed by atoms with Gasteiger partial charge in [0.05, 0.1) is 6.61 Å². The highest BCUT2D eigenvalue weighted by Crippen LogP contribution is 2.36. The van der Waals surface area contributed by atoms with Gasteiger partial charge in [0.1, 0.15) is 22.0 Å². The van der Waals surface area contributed by atoms with Crippen molar-refractivity contribution in [2.24, 2.45) is 0 Å². The largest absolute Gasteiger partial charge is 0.475 e. The summed E-state index contributed by atoms with van der Waals surface area (Å²) in [6, 6.07) is 18.0.